The second-order valence-electron chi connectivity index (χ2n) is 7.79. The Morgan fingerprint density at radius 1 is 0.966 bits per heavy atom. The number of methoxy groups -OCH3 is 1. The van der Waals surface area contributed by atoms with Crippen molar-refractivity contribution in [3.8, 4) is 11.5 Å². The van der Waals surface area contributed by atoms with Crippen molar-refractivity contribution in [3.63, 3.8) is 0 Å². The summed E-state index contributed by atoms with van der Waals surface area (Å²) in [7, 11) is 1.63. The largest absolute Gasteiger partial charge is 0.497 e. The minimum atomic E-state index is 0.104. The molecule has 0 unspecified atom stereocenters. The molecular formula is C23H29N3O3. The number of piperidine rings is 2. The van der Waals surface area contributed by atoms with E-state index in [0.717, 1.165) is 63.4 Å². The summed E-state index contributed by atoms with van der Waals surface area (Å²) in [4.78, 5) is 21.4. The Balaban J connectivity index is 1.24. The van der Waals surface area contributed by atoms with Crippen molar-refractivity contribution in [3.05, 3.63) is 54.4 Å². The third kappa shape index (κ3) is 4.88. The van der Waals surface area contributed by atoms with Gasteiger partial charge < -0.3 is 14.4 Å². The number of hydrogen-bond acceptors (Lipinski definition) is 5. The van der Waals surface area contributed by atoms with E-state index >= 15 is 0 Å². The van der Waals surface area contributed by atoms with Crippen LogP contribution >= 0.6 is 0 Å². The molecule has 2 aromatic rings. The van der Waals surface area contributed by atoms with Crippen molar-refractivity contribution in [1.29, 1.82) is 0 Å². The molecule has 0 aliphatic carbocycles. The lowest BCUT2D eigenvalue weighted by molar-refractivity contribution is 0.0425. The van der Waals surface area contributed by atoms with E-state index in [9.17, 15) is 4.79 Å². The van der Waals surface area contributed by atoms with E-state index < -0.39 is 0 Å². The first-order valence-corrected chi connectivity index (χ1v) is 10.5. The molecule has 1 amide bonds. The number of likely N-dealkylation sites (tertiary alicyclic amines) is 2. The van der Waals surface area contributed by atoms with E-state index in [1.807, 2.05) is 41.3 Å². The number of hydrogen-bond donors (Lipinski definition) is 0. The van der Waals surface area contributed by atoms with Crippen molar-refractivity contribution >= 4 is 5.91 Å². The molecule has 4 rings (SSSR count). The fourth-order valence-corrected chi connectivity index (χ4v) is 4.34. The Hall–Kier alpha value is -2.60. The number of carbonyl (C=O) groups excluding carboxylic acids is 1. The van der Waals surface area contributed by atoms with Crippen LogP contribution in [0.25, 0.3) is 0 Å². The Labute approximate surface area is 172 Å². The first kappa shape index (κ1) is 19.7. The van der Waals surface area contributed by atoms with Gasteiger partial charge in [-0.1, -0.05) is 6.07 Å². The van der Waals surface area contributed by atoms with E-state index in [2.05, 4.69) is 9.88 Å². The first-order chi connectivity index (χ1) is 14.2. The quantitative estimate of drug-likeness (QED) is 0.778. The third-order valence-corrected chi connectivity index (χ3v) is 6.01. The number of pyridine rings is 1. The van der Waals surface area contributed by atoms with Crippen LogP contribution in [0, 0.1) is 0 Å². The van der Waals surface area contributed by atoms with Gasteiger partial charge in [-0.3, -0.25) is 14.7 Å². The highest BCUT2D eigenvalue weighted by atomic mass is 16.5. The molecule has 0 atom stereocenters. The Kier molecular flexibility index (Phi) is 6.30. The average Bonchev–Trinajstić information content (AvgIpc) is 2.80. The van der Waals surface area contributed by atoms with Crippen LogP contribution in [0.1, 0.15) is 36.0 Å². The maximum Gasteiger partial charge on any atom is 0.253 e. The van der Waals surface area contributed by atoms with Crippen molar-refractivity contribution in [2.24, 2.45) is 0 Å². The molecule has 154 valence electrons. The maximum absolute atomic E-state index is 12.8. The number of ether oxygens (including phenoxy) is 2. The van der Waals surface area contributed by atoms with Crippen molar-refractivity contribution < 1.29 is 14.3 Å². The molecule has 0 saturated carbocycles. The summed E-state index contributed by atoms with van der Waals surface area (Å²) in [5.74, 6) is 1.73. The van der Waals surface area contributed by atoms with Gasteiger partial charge in [-0.2, -0.15) is 0 Å². The van der Waals surface area contributed by atoms with E-state index in [-0.39, 0.29) is 12.0 Å². The predicted molar refractivity (Wildman–Crippen MR) is 111 cm³/mol. The van der Waals surface area contributed by atoms with Crippen LogP contribution in [-0.4, -0.2) is 66.1 Å². The molecule has 6 nitrogen and oxygen atoms in total. The topological polar surface area (TPSA) is 54.9 Å². The number of amides is 1. The molecule has 2 fully saturated rings. The molecule has 2 saturated heterocycles. The van der Waals surface area contributed by atoms with E-state index in [1.54, 1.807) is 19.5 Å². The van der Waals surface area contributed by atoms with Gasteiger partial charge in [0.1, 0.15) is 17.6 Å². The second kappa shape index (κ2) is 9.27. The Bertz CT molecular complexity index is 798. The highest BCUT2D eigenvalue weighted by Gasteiger charge is 2.30. The van der Waals surface area contributed by atoms with Crippen LogP contribution in [0.5, 0.6) is 11.5 Å². The van der Waals surface area contributed by atoms with Gasteiger partial charge in [0.05, 0.1) is 7.11 Å². The SMILES string of the molecule is COc1cccc(C(=O)N2CCC(N3CCC(Oc4ccncc4)CC3)CC2)c1. The molecule has 3 heterocycles. The summed E-state index contributed by atoms with van der Waals surface area (Å²) >= 11 is 0. The first-order valence-electron chi connectivity index (χ1n) is 10.5. The van der Waals surface area contributed by atoms with E-state index in [0.29, 0.717) is 11.6 Å². The molecule has 0 bridgehead atoms. The number of aromatic nitrogens is 1. The van der Waals surface area contributed by atoms with Gasteiger partial charge in [0.25, 0.3) is 5.91 Å². The molecule has 2 aliphatic heterocycles. The van der Waals surface area contributed by atoms with Gasteiger partial charge in [-0.05, 0) is 56.0 Å². The highest BCUT2D eigenvalue weighted by Crippen LogP contribution is 2.25. The van der Waals surface area contributed by atoms with Crippen molar-refractivity contribution in [2.75, 3.05) is 33.3 Å². The standard InChI is InChI=1S/C23H29N3O3/c1-28-22-4-2-3-18(17-22)23(27)26-13-7-19(8-14-26)25-15-9-21(10-16-25)29-20-5-11-24-12-6-20/h2-6,11-12,17,19,21H,7-10,13-16H2,1H3. The molecule has 6 heteroatoms. The van der Waals surface area contributed by atoms with Crippen LogP contribution in [0.15, 0.2) is 48.8 Å². The van der Waals surface area contributed by atoms with Crippen LogP contribution in [0.4, 0.5) is 0 Å². The van der Waals surface area contributed by atoms with Gasteiger partial charge >= 0.3 is 0 Å². The minimum Gasteiger partial charge on any atom is -0.497 e. The number of carbonyl (C=O) groups is 1. The smallest absolute Gasteiger partial charge is 0.253 e. The van der Waals surface area contributed by atoms with Crippen molar-refractivity contribution in [2.45, 2.75) is 37.8 Å². The normalized spacial score (nSPS) is 19.1. The highest BCUT2D eigenvalue weighted by molar-refractivity contribution is 5.94. The fourth-order valence-electron chi connectivity index (χ4n) is 4.34. The molecule has 2 aliphatic rings. The molecule has 1 aromatic carbocycles. The Morgan fingerprint density at radius 2 is 1.69 bits per heavy atom. The minimum absolute atomic E-state index is 0.104. The van der Waals surface area contributed by atoms with Gasteiger partial charge in [-0.15, -0.1) is 0 Å². The summed E-state index contributed by atoms with van der Waals surface area (Å²) in [6, 6.07) is 11.8. The van der Waals surface area contributed by atoms with Gasteiger partial charge in [0, 0.05) is 50.2 Å². The lowest BCUT2D eigenvalue weighted by Gasteiger charge is -2.41. The summed E-state index contributed by atoms with van der Waals surface area (Å²) in [6.45, 7) is 3.75. The zero-order valence-electron chi connectivity index (χ0n) is 17.0. The van der Waals surface area contributed by atoms with Crippen LogP contribution < -0.4 is 9.47 Å². The molecule has 1 aromatic heterocycles. The van der Waals surface area contributed by atoms with Gasteiger partial charge in [-0.25, -0.2) is 0 Å². The van der Waals surface area contributed by atoms with Crippen LogP contribution in [-0.2, 0) is 0 Å². The molecule has 29 heavy (non-hydrogen) atoms. The zero-order chi connectivity index (χ0) is 20.1. The fraction of sp³-hybridized carbons (Fsp3) is 0.478. The Morgan fingerprint density at radius 3 is 2.38 bits per heavy atom. The zero-order valence-corrected chi connectivity index (χ0v) is 17.0. The molecule has 0 radical (unpaired) electrons. The van der Waals surface area contributed by atoms with Crippen LogP contribution in [0.3, 0.4) is 0 Å². The predicted octanol–water partition coefficient (Wildman–Crippen LogP) is 3.24. The van der Waals surface area contributed by atoms with E-state index in [1.165, 1.54) is 0 Å². The summed E-state index contributed by atoms with van der Waals surface area (Å²) in [5.41, 5.74) is 0.705. The molecular weight excluding hydrogens is 366 g/mol. The monoisotopic (exact) mass is 395 g/mol. The number of benzene rings is 1. The van der Waals surface area contributed by atoms with Crippen LogP contribution in [0.2, 0.25) is 0 Å². The number of nitrogens with zero attached hydrogens (tertiary/aromatic N) is 3. The summed E-state index contributed by atoms with van der Waals surface area (Å²) in [5, 5.41) is 0. The average molecular weight is 396 g/mol. The van der Waals surface area contributed by atoms with Crippen molar-refractivity contribution in [1.82, 2.24) is 14.8 Å². The lowest BCUT2D eigenvalue weighted by Crippen LogP contribution is -2.50. The maximum atomic E-state index is 12.8. The van der Waals surface area contributed by atoms with Gasteiger partial charge in [0.2, 0.25) is 0 Å². The summed E-state index contributed by atoms with van der Waals surface area (Å²) < 4.78 is 11.3. The molecule has 0 spiro atoms. The molecule has 0 N–H and O–H groups in total. The van der Waals surface area contributed by atoms with E-state index in [4.69, 9.17) is 9.47 Å². The summed E-state index contributed by atoms with van der Waals surface area (Å²) in [6.07, 6.45) is 7.98. The number of rotatable bonds is 5. The lowest BCUT2D eigenvalue weighted by atomic mass is 9.98. The van der Waals surface area contributed by atoms with Gasteiger partial charge in [0.15, 0.2) is 0 Å². The third-order valence-electron chi connectivity index (χ3n) is 6.01. The second-order valence-corrected chi connectivity index (χ2v) is 7.79.